The summed E-state index contributed by atoms with van der Waals surface area (Å²) in [6.07, 6.45) is 9.57. The Labute approximate surface area is 129 Å². The summed E-state index contributed by atoms with van der Waals surface area (Å²) in [5.74, 6) is 1.74. The fraction of sp³-hybridized carbons (Fsp3) is 0.500. The van der Waals surface area contributed by atoms with Gasteiger partial charge in [-0.1, -0.05) is 0 Å². The molecule has 4 rings (SSSR count). The average molecular weight is 297 g/mol. The van der Waals surface area contributed by atoms with Gasteiger partial charge in [-0.05, 0) is 19.3 Å². The number of hydrogen-bond donors (Lipinski definition) is 0. The number of nitrogens with zero attached hydrogens (tertiary/aromatic N) is 5. The van der Waals surface area contributed by atoms with Crippen molar-refractivity contribution in [2.24, 2.45) is 4.99 Å². The van der Waals surface area contributed by atoms with Gasteiger partial charge in [0.2, 0.25) is 0 Å². The number of oxazole rings is 1. The fourth-order valence-corrected chi connectivity index (χ4v) is 3.07. The fourth-order valence-electron chi connectivity index (χ4n) is 3.07. The Morgan fingerprint density at radius 3 is 3.00 bits per heavy atom. The van der Waals surface area contributed by atoms with Gasteiger partial charge in [0.25, 0.3) is 0 Å². The molecule has 0 saturated carbocycles. The molecule has 22 heavy (non-hydrogen) atoms. The van der Waals surface area contributed by atoms with Crippen LogP contribution in [-0.2, 0) is 19.5 Å². The van der Waals surface area contributed by atoms with E-state index in [0.717, 1.165) is 56.3 Å². The summed E-state index contributed by atoms with van der Waals surface area (Å²) in [6.45, 7) is 3.55. The highest BCUT2D eigenvalue weighted by Crippen LogP contribution is 2.19. The van der Waals surface area contributed by atoms with Gasteiger partial charge in [-0.3, -0.25) is 9.89 Å². The van der Waals surface area contributed by atoms with E-state index in [1.165, 1.54) is 30.5 Å². The lowest BCUT2D eigenvalue weighted by Crippen LogP contribution is -2.31. The minimum absolute atomic E-state index is 0.786. The first-order valence-corrected chi connectivity index (χ1v) is 7.87. The van der Waals surface area contributed by atoms with E-state index < -0.39 is 0 Å². The molecule has 0 aromatic carbocycles. The normalized spacial score (nSPS) is 18.8. The average Bonchev–Trinajstić information content (AvgIpc) is 3.08. The van der Waals surface area contributed by atoms with Crippen LogP contribution in [0.25, 0.3) is 0 Å². The van der Waals surface area contributed by atoms with Crippen molar-refractivity contribution >= 4 is 5.71 Å². The van der Waals surface area contributed by atoms with Gasteiger partial charge in [-0.2, -0.15) is 0 Å². The zero-order valence-corrected chi connectivity index (χ0v) is 12.5. The molecular weight excluding hydrogens is 278 g/mol. The Balaban J connectivity index is 1.50. The summed E-state index contributed by atoms with van der Waals surface area (Å²) >= 11 is 0. The van der Waals surface area contributed by atoms with Crippen molar-refractivity contribution in [1.82, 2.24) is 19.9 Å². The Morgan fingerprint density at radius 2 is 2.18 bits per heavy atom. The molecule has 2 aromatic rings. The SMILES string of the molecule is c1ncc(CN2CCc3nc(C4=NCCCC4)ncc3C2)o1. The zero-order chi connectivity index (χ0) is 14.8. The molecule has 4 heterocycles. The van der Waals surface area contributed by atoms with Crippen LogP contribution in [0.3, 0.4) is 0 Å². The molecule has 2 aromatic heterocycles. The topological polar surface area (TPSA) is 67.4 Å². The minimum atomic E-state index is 0.786. The van der Waals surface area contributed by atoms with Crippen molar-refractivity contribution in [3.05, 3.63) is 41.6 Å². The predicted octanol–water partition coefficient (Wildman–Crippen LogP) is 2.00. The van der Waals surface area contributed by atoms with Crippen LogP contribution in [0.15, 0.2) is 28.2 Å². The van der Waals surface area contributed by atoms with E-state index in [-0.39, 0.29) is 0 Å². The molecule has 0 amide bonds. The first-order chi connectivity index (χ1) is 10.9. The van der Waals surface area contributed by atoms with Gasteiger partial charge < -0.3 is 4.42 Å². The summed E-state index contributed by atoms with van der Waals surface area (Å²) in [5, 5.41) is 0. The van der Waals surface area contributed by atoms with Crippen LogP contribution in [0.5, 0.6) is 0 Å². The second-order valence-corrected chi connectivity index (χ2v) is 5.88. The smallest absolute Gasteiger partial charge is 0.180 e. The molecule has 0 bridgehead atoms. The van der Waals surface area contributed by atoms with Crippen molar-refractivity contribution < 1.29 is 4.42 Å². The molecule has 0 spiro atoms. The minimum Gasteiger partial charge on any atom is -0.447 e. The number of aromatic nitrogens is 3. The van der Waals surface area contributed by atoms with E-state index in [9.17, 15) is 0 Å². The lowest BCUT2D eigenvalue weighted by molar-refractivity contribution is 0.223. The van der Waals surface area contributed by atoms with E-state index in [1.807, 2.05) is 6.20 Å². The summed E-state index contributed by atoms with van der Waals surface area (Å²) in [4.78, 5) is 20.2. The quantitative estimate of drug-likeness (QED) is 0.866. The third kappa shape index (κ3) is 2.78. The Bertz CT molecular complexity index is 680. The summed E-state index contributed by atoms with van der Waals surface area (Å²) in [5.41, 5.74) is 3.47. The second-order valence-electron chi connectivity index (χ2n) is 5.88. The van der Waals surface area contributed by atoms with Crippen LogP contribution in [0, 0.1) is 0 Å². The molecule has 6 heteroatoms. The summed E-state index contributed by atoms with van der Waals surface area (Å²) in [7, 11) is 0. The highest BCUT2D eigenvalue weighted by molar-refractivity contribution is 5.97. The Morgan fingerprint density at radius 1 is 1.18 bits per heavy atom. The molecule has 0 unspecified atom stereocenters. The van der Waals surface area contributed by atoms with Gasteiger partial charge in [0.1, 0.15) is 5.76 Å². The molecule has 0 atom stereocenters. The summed E-state index contributed by atoms with van der Waals surface area (Å²) in [6, 6.07) is 0. The van der Waals surface area contributed by atoms with Gasteiger partial charge >= 0.3 is 0 Å². The third-order valence-corrected chi connectivity index (χ3v) is 4.26. The predicted molar refractivity (Wildman–Crippen MR) is 81.6 cm³/mol. The molecule has 2 aliphatic rings. The van der Waals surface area contributed by atoms with Gasteiger partial charge in [-0.15, -0.1) is 0 Å². The van der Waals surface area contributed by atoms with Crippen LogP contribution >= 0.6 is 0 Å². The number of rotatable bonds is 3. The molecule has 2 aliphatic heterocycles. The Kier molecular flexibility index (Phi) is 3.68. The molecule has 0 N–H and O–H groups in total. The van der Waals surface area contributed by atoms with Crippen LogP contribution < -0.4 is 0 Å². The third-order valence-electron chi connectivity index (χ3n) is 4.26. The van der Waals surface area contributed by atoms with Gasteiger partial charge in [0.05, 0.1) is 24.1 Å². The molecular formula is C16H19N5O. The lowest BCUT2D eigenvalue weighted by Gasteiger charge is -2.27. The molecule has 6 nitrogen and oxygen atoms in total. The number of fused-ring (bicyclic) bond motifs is 1. The number of hydrogen-bond acceptors (Lipinski definition) is 6. The van der Waals surface area contributed by atoms with E-state index in [1.54, 1.807) is 6.20 Å². The first kappa shape index (κ1) is 13.6. The van der Waals surface area contributed by atoms with Gasteiger partial charge in [-0.25, -0.2) is 15.0 Å². The van der Waals surface area contributed by atoms with Crippen molar-refractivity contribution in [1.29, 1.82) is 0 Å². The molecule has 0 radical (unpaired) electrons. The van der Waals surface area contributed by atoms with E-state index in [2.05, 4.69) is 19.9 Å². The van der Waals surface area contributed by atoms with Crippen molar-refractivity contribution in [2.75, 3.05) is 13.1 Å². The van der Waals surface area contributed by atoms with Crippen LogP contribution in [0.4, 0.5) is 0 Å². The van der Waals surface area contributed by atoms with Crippen molar-refractivity contribution in [3.8, 4) is 0 Å². The summed E-state index contributed by atoms with van der Waals surface area (Å²) < 4.78 is 5.32. The maximum Gasteiger partial charge on any atom is 0.180 e. The van der Waals surface area contributed by atoms with E-state index >= 15 is 0 Å². The Hall–Kier alpha value is -2.08. The highest BCUT2D eigenvalue weighted by Gasteiger charge is 2.20. The molecule has 114 valence electrons. The molecule has 0 aliphatic carbocycles. The van der Waals surface area contributed by atoms with Crippen LogP contribution in [-0.4, -0.2) is 38.7 Å². The second kappa shape index (κ2) is 5.96. The van der Waals surface area contributed by atoms with E-state index in [0.29, 0.717) is 0 Å². The van der Waals surface area contributed by atoms with Crippen LogP contribution in [0.1, 0.15) is 42.1 Å². The molecule has 0 saturated heterocycles. The van der Waals surface area contributed by atoms with Gasteiger partial charge in [0, 0.05) is 37.8 Å². The zero-order valence-electron chi connectivity index (χ0n) is 12.5. The van der Waals surface area contributed by atoms with Crippen molar-refractivity contribution in [3.63, 3.8) is 0 Å². The maximum absolute atomic E-state index is 5.32. The monoisotopic (exact) mass is 297 g/mol. The largest absolute Gasteiger partial charge is 0.447 e. The lowest BCUT2D eigenvalue weighted by atomic mass is 10.1. The maximum atomic E-state index is 5.32. The standard InChI is InChI=1S/C16H19N5O/c1-2-5-18-15(3-1)16-19-7-12-9-21(6-4-14(12)20-16)10-13-8-17-11-22-13/h7-8,11H,1-6,9-10H2. The van der Waals surface area contributed by atoms with Crippen LogP contribution in [0.2, 0.25) is 0 Å². The van der Waals surface area contributed by atoms with Gasteiger partial charge in [0.15, 0.2) is 12.2 Å². The van der Waals surface area contributed by atoms with Crippen molar-refractivity contribution in [2.45, 2.75) is 38.8 Å². The van der Waals surface area contributed by atoms with E-state index in [4.69, 9.17) is 9.40 Å². The molecule has 0 fully saturated rings. The first-order valence-electron chi connectivity index (χ1n) is 7.87. The highest BCUT2D eigenvalue weighted by atomic mass is 16.3. The number of aliphatic imine (C=N–C) groups is 1.